The number of aromatic nitrogens is 1. The lowest BCUT2D eigenvalue weighted by molar-refractivity contribution is 0.497. The van der Waals surface area contributed by atoms with Crippen LogP contribution in [-0.4, -0.2) is 4.57 Å². The van der Waals surface area contributed by atoms with E-state index in [2.05, 4.69) is 222 Å². The number of aryl methyl sites for hydroxylation is 1. The Balaban J connectivity index is 1.28. The minimum Gasteiger partial charge on any atom is -0.455 e. The van der Waals surface area contributed by atoms with Crippen LogP contribution in [-0.2, 0) is 12.0 Å². The van der Waals surface area contributed by atoms with E-state index in [1.54, 1.807) is 0 Å². The molecule has 0 radical (unpaired) electrons. The van der Waals surface area contributed by atoms with Crippen molar-refractivity contribution < 1.29 is 4.42 Å². The van der Waals surface area contributed by atoms with Gasteiger partial charge in [-0.15, -0.1) is 0 Å². The number of hydrogen-bond acceptors (Lipinski definition) is 3. The predicted molar refractivity (Wildman–Crippen MR) is 245 cm³/mol. The van der Waals surface area contributed by atoms with Crippen molar-refractivity contribution >= 4 is 73.4 Å². The van der Waals surface area contributed by atoms with E-state index in [-0.39, 0.29) is 5.92 Å². The van der Waals surface area contributed by atoms with Gasteiger partial charge in [-0.25, -0.2) is 0 Å². The van der Waals surface area contributed by atoms with Crippen LogP contribution in [0, 0.1) is 0 Å². The lowest BCUT2D eigenvalue weighted by atomic mass is 9.56. The highest BCUT2D eigenvalue weighted by molar-refractivity contribution is 6.12. The molecule has 9 aromatic rings. The second kappa shape index (κ2) is 12.9. The maximum Gasteiger partial charge on any atom is 0.143 e. The number of anilines is 4. The van der Waals surface area contributed by atoms with Crippen molar-refractivity contribution in [3.63, 3.8) is 0 Å². The molecule has 7 aromatic carbocycles. The second-order valence-corrected chi connectivity index (χ2v) is 16.1. The zero-order valence-electron chi connectivity index (χ0n) is 33.0. The largest absolute Gasteiger partial charge is 0.455 e. The first-order chi connectivity index (χ1) is 29.1. The first-order valence-electron chi connectivity index (χ1n) is 20.7. The van der Waals surface area contributed by atoms with Gasteiger partial charge in [0.2, 0.25) is 0 Å². The summed E-state index contributed by atoms with van der Waals surface area (Å²) in [4.78, 5) is 4.93. The van der Waals surface area contributed by atoms with Crippen molar-refractivity contribution in [2.24, 2.45) is 0 Å². The molecule has 0 saturated heterocycles. The van der Waals surface area contributed by atoms with Crippen molar-refractivity contribution in [2.45, 2.75) is 31.7 Å². The van der Waals surface area contributed by atoms with E-state index < -0.39 is 5.41 Å². The van der Waals surface area contributed by atoms with Crippen molar-refractivity contribution in [3.05, 3.63) is 221 Å². The molecule has 0 amide bonds. The van der Waals surface area contributed by atoms with E-state index in [4.69, 9.17) is 4.42 Å². The second-order valence-electron chi connectivity index (χ2n) is 16.1. The van der Waals surface area contributed by atoms with Gasteiger partial charge in [-0.3, -0.25) is 0 Å². The number of benzene rings is 7. The molecule has 0 fully saturated rings. The molecular weight excluding hydrogens is 719 g/mol. The fourth-order valence-electron chi connectivity index (χ4n) is 10.6. The molecule has 2 unspecified atom stereocenters. The molecule has 0 N–H and O–H groups in total. The first-order valence-corrected chi connectivity index (χ1v) is 20.7. The van der Waals surface area contributed by atoms with Crippen LogP contribution in [0.15, 0.2) is 198 Å². The molecule has 282 valence electrons. The zero-order chi connectivity index (χ0) is 39.2. The number of allylic oxidation sites excluding steroid dienone is 2. The summed E-state index contributed by atoms with van der Waals surface area (Å²) < 4.78 is 9.55. The van der Waals surface area contributed by atoms with Crippen LogP contribution < -0.4 is 9.80 Å². The van der Waals surface area contributed by atoms with Gasteiger partial charge < -0.3 is 18.8 Å². The van der Waals surface area contributed by atoms with Gasteiger partial charge in [-0.2, -0.15) is 0 Å². The Morgan fingerprint density at radius 1 is 0.576 bits per heavy atom. The summed E-state index contributed by atoms with van der Waals surface area (Å²) in [6.07, 6.45) is 7.58. The Kier molecular flexibility index (Phi) is 7.37. The number of rotatable bonds is 7. The number of para-hydroxylation sites is 6. The van der Waals surface area contributed by atoms with Gasteiger partial charge >= 0.3 is 0 Å². The molecule has 4 nitrogen and oxygen atoms in total. The van der Waals surface area contributed by atoms with E-state index in [0.717, 1.165) is 62.5 Å². The normalized spacial score (nSPS) is 17.6. The molecule has 2 aromatic heterocycles. The molecule has 2 heterocycles. The first kappa shape index (κ1) is 33.8. The van der Waals surface area contributed by atoms with Crippen LogP contribution in [0.25, 0.3) is 50.7 Å². The minimum absolute atomic E-state index is 0.0270. The average Bonchev–Trinajstić information content (AvgIpc) is 3.83. The van der Waals surface area contributed by atoms with Gasteiger partial charge in [0.1, 0.15) is 11.2 Å². The number of furan rings is 1. The highest BCUT2D eigenvalue weighted by Gasteiger charge is 2.52. The van der Waals surface area contributed by atoms with Crippen molar-refractivity contribution in [1.29, 1.82) is 0 Å². The van der Waals surface area contributed by atoms with Gasteiger partial charge in [-0.1, -0.05) is 116 Å². The average molecular weight is 760 g/mol. The molecule has 4 heteroatoms. The molecule has 0 spiro atoms. The van der Waals surface area contributed by atoms with Crippen molar-refractivity contribution in [1.82, 2.24) is 4.57 Å². The molecule has 12 rings (SSSR count). The Bertz CT molecular complexity index is 3130. The third-order valence-corrected chi connectivity index (χ3v) is 12.9. The SMILES string of the molecule is CCn1c2c(c3ccccc31)C1(C)C=C(N(c3ccccc3)c3ccccc3)c3cc4c(oc5ccccc54)c4c3C1C(=C2)C(N(c1ccccc1)c1ccccc1)=C4. The fourth-order valence-corrected chi connectivity index (χ4v) is 10.6. The highest BCUT2D eigenvalue weighted by atomic mass is 16.3. The van der Waals surface area contributed by atoms with Crippen LogP contribution in [0.2, 0.25) is 0 Å². The topological polar surface area (TPSA) is 24.6 Å². The van der Waals surface area contributed by atoms with Gasteiger partial charge in [-0.05, 0) is 109 Å². The van der Waals surface area contributed by atoms with E-state index >= 15 is 0 Å². The summed E-state index contributed by atoms with van der Waals surface area (Å²) in [5.41, 5.74) is 17.0. The van der Waals surface area contributed by atoms with E-state index in [1.165, 1.54) is 44.6 Å². The van der Waals surface area contributed by atoms with Gasteiger partial charge in [0.15, 0.2) is 0 Å². The fraction of sp³-hybridized carbons (Fsp3) is 0.0909. The van der Waals surface area contributed by atoms with Gasteiger partial charge in [0, 0.05) is 79.1 Å². The monoisotopic (exact) mass is 759 g/mol. The Labute approximate surface area is 343 Å². The van der Waals surface area contributed by atoms with Crippen LogP contribution in [0.3, 0.4) is 0 Å². The van der Waals surface area contributed by atoms with Crippen LogP contribution in [0.1, 0.15) is 47.7 Å². The number of hydrogen-bond donors (Lipinski definition) is 0. The summed E-state index contributed by atoms with van der Waals surface area (Å²) in [7, 11) is 0. The van der Waals surface area contributed by atoms with Gasteiger partial charge in [0.25, 0.3) is 0 Å². The molecule has 2 atom stereocenters. The van der Waals surface area contributed by atoms with Crippen LogP contribution >= 0.6 is 0 Å². The maximum atomic E-state index is 7.02. The third kappa shape index (κ3) is 4.84. The molecule has 0 saturated carbocycles. The van der Waals surface area contributed by atoms with Crippen molar-refractivity contribution in [3.8, 4) is 0 Å². The summed E-state index contributed by atoms with van der Waals surface area (Å²) in [6.45, 7) is 5.63. The van der Waals surface area contributed by atoms with Crippen molar-refractivity contribution in [2.75, 3.05) is 9.80 Å². The van der Waals surface area contributed by atoms with E-state index in [1.807, 2.05) is 0 Å². The van der Waals surface area contributed by atoms with Crippen LogP contribution in [0.4, 0.5) is 22.7 Å². The molecule has 59 heavy (non-hydrogen) atoms. The molecule has 0 aliphatic heterocycles. The zero-order valence-corrected chi connectivity index (χ0v) is 33.0. The summed E-state index contributed by atoms with van der Waals surface area (Å²) in [5.74, 6) is -0.0270. The summed E-state index contributed by atoms with van der Waals surface area (Å²) in [6, 6.07) is 63.3. The Hall–Kier alpha value is -7.30. The van der Waals surface area contributed by atoms with E-state index in [9.17, 15) is 0 Å². The number of fused-ring (bicyclic) bond motifs is 8. The molecular formula is C55H41N3O. The lowest BCUT2D eigenvalue weighted by Gasteiger charge is -2.50. The van der Waals surface area contributed by atoms with Crippen LogP contribution in [0.5, 0.6) is 0 Å². The Morgan fingerprint density at radius 2 is 1.10 bits per heavy atom. The van der Waals surface area contributed by atoms with Gasteiger partial charge in [0.05, 0.1) is 11.4 Å². The molecule has 3 aliphatic carbocycles. The minimum atomic E-state index is -0.476. The summed E-state index contributed by atoms with van der Waals surface area (Å²) >= 11 is 0. The quantitative estimate of drug-likeness (QED) is 0.162. The molecule has 0 bridgehead atoms. The number of nitrogens with zero attached hydrogens (tertiary/aromatic N) is 3. The maximum absolute atomic E-state index is 7.02. The standard InChI is InChI=1S/C55H41N3O/c1-3-56-46-30-18-16-29-41(46)52-48(56)33-44-47(57(36-20-8-4-9-21-36)37-22-10-5-11-23-37)34-45-51-43(32-42-40-28-17-19-31-50(40)59-54(42)45)49(35-55(52,2)53(44)51)58(38-24-12-6-13-25-38)39-26-14-7-15-27-39/h4-35,53H,3H2,1-2H3. The predicted octanol–water partition coefficient (Wildman–Crippen LogP) is 14.4. The Morgan fingerprint density at radius 3 is 1.69 bits per heavy atom. The highest BCUT2D eigenvalue weighted by Crippen LogP contribution is 2.63. The lowest BCUT2D eigenvalue weighted by Crippen LogP contribution is -2.41. The summed E-state index contributed by atoms with van der Waals surface area (Å²) in [5, 5.41) is 3.55. The van der Waals surface area contributed by atoms with E-state index in [0.29, 0.717) is 0 Å². The smallest absolute Gasteiger partial charge is 0.143 e. The third-order valence-electron chi connectivity index (χ3n) is 12.9. The molecule has 3 aliphatic rings.